The summed E-state index contributed by atoms with van der Waals surface area (Å²) in [5.74, 6) is 0. The van der Waals surface area contributed by atoms with Crippen LogP contribution in [0.4, 0.5) is 0 Å². The number of rotatable bonds is 3. The van der Waals surface area contributed by atoms with E-state index in [1.807, 2.05) is 37.6 Å². The zero-order chi connectivity index (χ0) is 10.5. The van der Waals surface area contributed by atoms with Crippen LogP contribution in [0.5, 0.6) is 0 Å². The minimum atomic E-state index is 0.160. The monoisotopic (exact) mass is 199 g/mol. The van der Waals surface area contributed by atoms with Gasteiger partial charge in [-0.1, -0.05) is 30.3 Å². The fourth-order valence-electron chi connectivity index (χ4n) is 1.63. The van der Waals surface area contributed by atoms with E-state index in [4.69, 9.17) is 0 Å². The lowest BCUT2D eigenvalue weighted by Crippen LogP contribution is -2.17. The van der Waals surface area contributed by atoms with Crippen molar-refractivity contribution in [3.63, 3.8) is 0 Å². The van der Waals surface area contributed by atoms with Crippen LogP contribution in [0.2, 0.25) is 0 Å². The van der Waals surface area contributed by atoms with Gasteiger partial charge in [-0.25, -0.2) is 9.97 Å². The third-order valence-corrected chi connectivity index (χ3v) is 2.34. The SMILES string of the molecule is CNC(c1ccccc1)c1cncnc1. The number of nitrogens with zero attached hydrogens (tertiary/aromatic N) is 2. The Morgan fingerprint density at radius 1 is 1.00 bits per heavy atom. The molecule has 3 nitrogen and oxygen atoms in total. The van der Waals surface area contributed by atoms with E-state index in [0.29, 0.717) is 0 Å². The van der Waals surface area contributed by atoms with Crippen molar-refractivity contribution in [3.05, 3.63) is 60.2 Å². The third-order valence-electron chi connectivity index (χ3n) is 2.34. The molecule has 0 bridgehead atoms. The molecule has 1 atom stereocenters. The predicted molar refractivity (Wildman–Crippen MR) is 59.4 cm³/mol. The van der Waals surface area contributed by atoms with Gasteiger partial charge in [0.15, 0.2) is 0 Å². The molecule has 2 aromatic rings. The Hall–Kier alpha value is -1.74. The first-order valence-electron chi connectivity index (χ1n) is 4.89. The van der Waals surface area contributed by atoms with Gasteiger partial charge in [-0.2, -0.15) is 0 Å². The van der Waals surface area contributed by atoms with Gasteiger partial charge in [0.2, 0.25) is 0 Å². The second-order valence-corrected chi connectivity index (χ2v) is 3.30. The second-order valence-electron chi connectivity index (χ2n) is 3.30. The Balaban J connectivity index is 2.34. The maximum Gasteiger partial charge on any atom is 0.115 e. The molecule has 1 aromatic heterocycles. The number of hydrogen-bond donors (Lipinski definition) is 1. The van der Waals surface area contributed by atoms with Crippen molar-refractivity contribution in [1.82, 2.24) is 15.3 Å². The number of aromatic nitrogens is 2. The summed E-state index contributed by atoms with van der Waals surface area (Å²) in [6.07, 6.45) is 5.21. The lowest BCUT2D eigenvalue weighted by Gasteiger charge is -2.15. The first kappa shape index (κ1) is 9.80. The normalized spacial score (nSPS) is 12.3. The third kappa shape index (κ3) is 2.19. The Morgan fingerprint density at radius 2 is 1.67 bits per heavy atom. The lowest BCUT2D eigenvalue weighted by atomic mass is 10.0. The number of hydrogen-bond acceptors (Lipinski definition) is 3. The molecule has 1 unspecified atom stereocenters. The molecule has 0 radical (unpaired) electrons. The summed E-state index contributed by atoms with van der Waals surface area (Å²) in [6.45, 7) is 0. The molecule has 3 heteroatoms. The molecule has 1 aromatic carbocycles. The Kier molecular flexibility index (Phi) is 3.05. The topological polar surface area (TPSA) is 37.8 Å². The van der Waals surface area contributed by atoms with Gasteiger partial charge in [0.1, 0.15) is 6.33 Å². The maximum atomic E-state index is 4.03. The van der Waals surface area contributed by atoms with E-state index in [2.05, 4.69) is 27.4 Å². The van der Waals surface area contributed by atoms with E-state index in [1.165, 1.54) is 5.56 Å². The zero-order valence-electron chi connectivity index (χ0n) is 8.59. The highest BCUT2D eigenvalue weighted by molar-refractivity contribution is 5.28. The molecule has 1 heterocycles. The fraction of sp³-hybridized carbons (Fsp3) is 0.167. The summed E-state index contributed by atoms with van der Waals surface area (Å²) < 4.78 is 0. The van der Waals surface area contributed by atoms with Crippen molar-refractivity contribution in [3.8, 4) is 0 Å². The summed E-state index contributed by atoms with van der Waals surface area (Å²) in [4.78, 5) is 8.06. The molecule has 2 rings (SSSR count). The lowest BCUT2D eigenvalue weighted by molar-refractivity contribution is 0.684. The van der Waals surface area contributed by atoms with Crippen molar-refractivity contribution < 1.29 is 0 Å². The van der Waals surface area contributed by atoms with Crippen LogP contribution in [0, 0.1) is 0 Å². The first-order chi connectivity index (χ1) is 7.42. The van der Waals surface area contributed by atoms with E-state index in [-0.39, 0.29) is 6.04 Å². The molecule has 0 saturated heterocycles. The van der Waals surface area contributed by atoms with Gasteiger partial charge in [-0.3, -0.25) is 0 Å². The Bertz CT molecular complexity index is 360. The molecule has 1 N–H and O–H groups in total. The largest absolute Gasteiger partial charge is 0.309 e. The standard InChI is InChI=1S/C12H13N3/c1-13-12(10-5-3-2-4-6-10)11-7-14-9-15-8-11/h2-9,12-13H,1H3. The van der Waals surface area contributed by atoms with Crippen molar-refractivity contribution in [1.29, 1.82) is 0 Å². The van der Waals surface area contributed by atoms with E-state index < -0.39 is 0 Å². The molecule has 0 saturated carbocycles. The molecule has 0 aliphatic rings. The van der Waals surface area contributed by atoms with Crippen molar-refractivity contribution in [2.45, 2.75) is 6.04 Å². The van der Waals surface area contributed by atoms with Crippen LogP contribution in [0.1, 0.15) is 17.2 Å². The average molecular weight is 199 g/mol. The summed E-state index contributed by atoms with van der Waals surface area (Å²) in [5.41, 5.74) is 2.29. The van der Waals surface area contributed by atoms with Crippen LogP contribution in [0.15, 0.2) is 49.1 Å². The Morgan fingerprint density at radius 3 is 2.27 bits per heavy atom. The van der Waals surface area contributed by atoms with Crippen LogP contribution in [-0.2, 0) is 0 Å². The highest BCUT2D eigenvalue weighted by Gasteiger charge is 2.10. The van der Waals surface area contributed by atoms with Gasteiger partial charge >= 0.3 is 0 Å². The van der Waals surface area contributed by atoms with E-state index in [1.54, 1.807) is 6.33 Å². The van der Waals surface area contributed by atoms with Crippen LogP contribution < -0.4 is 5.32 Å². The molecule has 0 spiro atoms. The van der Waals surface area contributed by atoms with Gasteiger partial charge in [0, 0.05) is 18.0 Å². The van der Waals surface area contributed by atoms with Gasteiger partial charge in [-0.15, -0.1) is 0 Å². The predicted octanol–water partition coefficient (Wildman–Crippen LogP) is 1.79. The molecule has 0 fully saturated rings. The number of nitrogens with one attached hydrogen (secondary N) is 1. The quantitative estimate of drug-likeness (QED) is 0.818. The second kappa shape index (κ2) is 4.66. The highest BCUT2D eigenvalue weighted by atomic mass is 14.9. The van der Waals surface area contributed by atoms with Gasteiger partial charge in [0.25, 0.3) is 0 Å². The van der Waals surface area contributed by atoms with E-state index in [9.17, 15) is 0 Å². The minimum Gasteiger partial charge on any atom is -0.309 e. The van der Waals surface area contributed by atoms with Crippen LogP contribution in [0.25, 0.3) is 0 Å². The van der Waals surface area contributed by atoms with Crippen molar-refractivity contribution in [2.24, 2.45) is 0 Å². The average Bonchev–Trinajstić information content (AvgIpc) is 2.33. The number of benzene rings is 1. The summed E-state index contributed by atoms with van der Waals surface area (Å²) in [5, 5.41) is 3.25. The molecule has 0 aliphatic carbocycles. The van der Waals surface area contributed by atoms with Gasteiger partial charge in [-0.05, 0) is 12.6 Å². The van der Waals surface area contributed by atoms with Crippen molar-refractivity contribution >= 4 is 0 Å². The minimum absolute atomic E-state index is 0.160. The molecule has 0 aliphatic heterocycles. The Labute approximate surface area is 89.2 Å². The zero-order valence-corrected chi connectivity index (χ0v) is 8.59. The van der Waals surface area contributed by atoms with Crippen LogP contribution in [0.3, 0.4) is 0 Å². The van der Waals surface area contributed by atoms with E-state index in [0.717, 1.165) is 5.56 Å². The van der Waals surface area contributed by atoms with Gasteiger partial charge < -0.3 is 5.32 Å². The fourth-order valence-corrected chi connectivity index (χ4v) is 1.63. The smallest absolute Gasteiger partial charge is 0.115 e. The van der Waals surface area contributed by atoms with E-state index >= 15 is 0 Å². The molecule has 76 valence electrons. The summed E-state index contributed by atoms with van der Waals surface area (Å²) >= 11 is 0. The molecular formula is C12H13N3. The highest BCUT2D eigenvalue weighted by Crippen LogP contribution is 2.19. The first-order valence-corrected chi connectivity index (χ1v) is 4.89. The van der Waals surface area contributed by atoms with Crippen LogP contribution >= 0.6 is 0 Å². The van der Waals surface area contributed by atoms with Crippen LogP contribution in [-0.4, -0.2) is 17.0 Å². The summed E-state index contributed by atoms with van der Waals surface area (Å²) in [6, 6.07) is 10.4. The summed E-state index contributed by atoms with van der Waals surface area (Å²) in [7, 11) is 1.94. The molecule has 15 heavy (non-hydrogen) atoms. The maximum absolute atomic E-state index is 4.03. The van der Waals surface area contributed by atoms with Gasteiger partial charge in [0.05, 0.1) is 6.04 Å². The molecular weight excluding hydrogens is 186 g/mol. The van der Waals surface area contributed by atoms with Crippen molar-refractivity contribution in [2.75, 3.05) is 7.05 Å². The molecule has 0 amide bonds.